The number of aromatic amines is 1. The molecule has 1 amide bonds. The Balaban J connectivity index is 1.28. The number of morpholine rings is 1. The lowest BCUT2D eigenvalue weighted by Gasteiger charge is -2.25. The molecule has 1 aliphatic heterocycles. The molecule has 1 saturated heterocycles. The maximum absolute atomic E-state index is 14.9. The maximum atomic E-state index is 14.9. The Morgan fingerprint density at radius 2 is 2.06 bits per heavy atom. The third-order valence-electron chi connectivity index (χ3n) is 5.57. The van der Waals surface area contributed by atoms with Gasteiger partial charge in [0.1, 0.15) is 0 Å². The number of benzene rings is 2. The number of carbonyl (C=O) groups is 1. The van der Waals surface area contributed by atoms with E-state index in [0.717, 1.165) is 16.9 Å². The zero-order valence-electron chi connectivity index (χ0n) is 19.1. The summed E-state index contributed by atoms with van der Waals surface area (Å²) < 4.78 is 25.9. The largest absolute Gasteiger partial charge is 0.436 e. The Bertz CT molecular complexity index is 1400. The van der Waals surface area contributed by atoms with Crippen molar-refractivity contribution < 1.29 is 18.7 Å². The number of aryl methyl sites for hydroxylation is 1. The number of nitrogens with zero attached hydrogens (tertiary/aromatic N) is 3. The van der Waals surface area contributed by atoms with E-state index in [1.165, 1.54) is 6.20 Å². The summed E-state index contributed by atoms with van der Waals surface area (Å²) in [4.78, 5) is 25.8. The van der Waals surface area contributed by atoms with Gasteiger partial charge in [-0.15, -0.1) is 0 Å². The number of amides is 1. The quantitative estimate of drug-likeness (QED) is 0.391. The SMILES string of the molecule is Cc1cc2c(F)c(Oc3ccnc(Nc4cccc(C=CC(=O)N5CCOCC5)c4)n3)ccc2[nH]1. The van der Waals surface area contributed by atoms with E-state index in [4.69, 9.17) is 9.47 Å². The van der Waals surface area contributed by atoms with Crippen LogP contribution < -0.4 is 10.1 Å². The number of ether oxygens (including phenoxy) is 2. The summed E-state index contributed by atoms with van der Waals surface area (Å²) in [5.74, 6) is 0.0940. The van der Waals surface area contributed by atoms with Crippen LogP contribution in [-0.4, -0.2) is 52.1 Å². The molecule has 178 valence electrons. The average Bonchev–Trinajstić information content (AvgIpc) is 3.26. The summed E-state index contributed by atoms with van der Waals surface area (Å²) in [7, 11) is 0. The molecule has 2 aromatic carbocycles. The minimum Gasteiger partial charge on any atom is -0.436 e. The maximum Gasteiger partial charge on any atom is 0.246 e. The van der Waals surface area contributed by atoms with E-state index in [1.54, 1.807) is 41.3 Å². The van der Waals surface area contributed by atoms with Crippen LogP contribution in [0.2, 0.25) is 0 Å². The Kier molecular flexibility index (Phi) is 6.40. The molecule has 5 rings (SSSR count). The van der Waals surface area contributed by atoms with Crippen LogP contribution in [0.4, 0.5) is 16.0 Å². The summed E-state index contributed by atoms with van der Waals surface area (Å²) in [6.07, 6.45) is 4.87. The minimum absolute atomic E-state index is 0.0416. The molecule has 2 aromatic heterocycles. The second-order valence-corrected chi connectivity index (χ2v) is 8.13. The molecule has 35 heavy (non-hydrogen) atoms. The molecule has 0 saturated carbocycles. The van der Waals surface area contributed by atoms with Gasteiger partial charge >= 0.3 is 0 Å². The number of H-pyrrole nitrogens is 1. The number of halogens is 1. The number of nitrogens with one attached hydrogen (secondary N) is 2. The topological polar surface area (TPSA) is 92.4 Å². The van der Waals surface area contributed by atoms with Gasteiger partial charge in [-0.05, 0) is 48.9 Å². The van der Waals surface area contributed by atoms with Crippen molar-refractivity contribution in [2.24, 2.45) is 0 Å². The van der Waals surface area contributed by atoms with Crippen LogP contribution in [-0.2, 0) is 9.53 Å². The minimum atomic E-state index is -0.453. The second kappa shape index (κ2) is 9.94. The third-order valence-corrected chi connectivity index (χ3v) is 5.57. The van der Waals surface area contributed by atoms with E-state index in [9.17, 15) is 9.18 Å². The van der Waals surface area contributed by atoms with E-state index in [-0.39, 0.29) is 17.5 Å². The van der Waals surface area contributed by atoms with Gasteiger partial charge in [0.2, 0.25) is 17.7 Å². The van der Waals surface area contributed by atoms with Gasteiger partial charge in [-0.1, -0.05) is 12.1 Å². The first kappa shape index (κ1) is 22.5. The van der Waals surface area contributed by atoms with E-state index >= 15 is 0 Å². The van der Waals surface area contributed by atoms with Gasteiger partial charge in [0, 0.05) is 53.7 Å². The Morgan fingerprint density at radius 3 is 2.91 bits per heavy atom. The van der Waals surface area contributed by atoms with Crippen LogP contribution in [0.3, 0.4) is 0 Å². The van der Waals surface area contributed by atoms with E-state index in [1.807, 2.05) is 31.2 Å². The van der Waals surface area contributed by atoms with Gasteiger partial charge in [-0.25, -0.2) is 9.37 Å². The van der Waals surface area contributed by atoms with Gasteiger partial charge in [0.25, 0.3) is 0 Å². The highest BCUT2D eigenvalue weighted by atomic mass is 19.1. The highest BCUT2D eigenvalue weighted by Gasteiger charge is 2.14. The monoisotopic (exact) mass is 473 g/mol. The molecule has 0 aliphatic carbocycles. The summed E-state index contributed by atoms with van der Waals surface area (Å²) in [5, 5.41) is 3.58. The highest BCUT2D eigenvalue weighted by Crippen LogP contribution is 2.30. The van der Waals surface area contributed by atoms with Crippen LogP contribution in [0.25, 0.3) is 17.0 Å². The van der Waals surface area contributed by atoms with E-state index < -0.39 is 5.82 Å². The molecule has 3 heterocycles. The highest BCUT2D eigenvalue weighted by molar-refractivity contribution is 5.92. The van der Waals surface area contributed by atoms with Crippen molar-refractivity contribution in [1.29, 1.82) is 0 Å². The van der Waals surface area contributed by atoms with Gasteiger partial charge in [-0.3, -0.25) is 4.79 Å². The predicted octanol–water partition coefficient (Wildman–Crippen LogP) is 4.81. The Morgan fingerprint density at radius 1 is 1.20 bits per heavy atom. The van der Waals surface area contributed by atoms with Crippen LogP contribution >= 0.6 is 0 Å². The van der Waals surface area contributed by atoms with Crippen molar-refractivity contribution in [2.75, 3.05) is 31.6 Å². The molecule has 0 unspecified atom stereocenters. The van der Waals surface area contributed by atoms with E-state index in [0.29, 0.717) is 43.2 Å². The number of carbonyl (C=O) groups excluding carboxylic acids is 1. The molecule has 9 heteroatoms. The number of anilines is 2. The van der Waals surface area contributed by atoms with Crippen LogP contribution in [0.15, 0.2) is 60.8 Å². The standard InChI is InChI=1S/C26H24FN5O3/c1-17-15-20-21(29-17)6-7-22(25(20)27)35-23-9-10-28-26(31-23)30-19-4-2-3-18(16-19)5-8-24(33)32-11-13-34-14-12-32/h2-10,15-16,29H,11-14H2,1H3,(H,28,30,31). The molecule has 0 atom stereocenters. The van der Waals surface area contributed by atoms with Crippen molar-refractivity contribution >= 4 is 34.5 Å². The molecule has 0 radical (unpaired) electrons. The fourth-order valence-electron chi connectivity index (χ4n) is 3.84. The molecule has 2 N–H and O–H groups in total. The van der Waals surface area contributed by atoms with Crippen molar-refractivity contribution in [3.05, 3.63) is 77.9 Å². The number of rotatable bonds is 6. The third kappa shape index (κ3) is 5.30. The van der Waals surface area contributed by atoms with Crippen molar-refractivity contribution in [2.45, 2.75) is 6.92 Å². The summed E-state index contributed by atoms with van der Waals surface area (Å²) in [5.41, 5.74) is 3.16. The smallest absolute Gasteiger partial charge is 0.246 e. The Labute approximate surface area is 201 Å². The normalized spacial score (nSPS) is 13.9. The predicted molar refractivity (Wildman–Crippen MR) is 131 cm³/mol. The number of hydrogen-bond acceptors (Lipinski definition) is 6. The fourth-order valence-corrected chi connectivity index (χ4v) is 3.84. The molecule has 1 fully saturated rings. The zero-order valence-corrected chi connectivity index (χ0v) is 19.1. The number of hydrogen-bond donors (Lipinski definition) is 2. The summed E-state index contributed by atoms with van der Waals surface area (Å²) in [6.45, 7) is 4.20. The first-order valence-electron chi connectivity index (χ1n) is 11.3. The molecular weight excluding hydrogens is 449 g/mol. The van der Waals surface area contributed by atoms with Crippen LogP contribution in [0, 0.1) is 12.7 Å². The lowest BCUT2D eigenvalue weighted by molar-refractivity contribution is -0.129. The average molecular weight is 474 g/mol. The molecule has 8 nitrogen and oxygen atoms in total. The van der Waals surface area contributed by atoms with Gasteiger partial charge < -0.3 is 24.7 Å². The number of fused-ring (bicyclic) bond motifs is 1. The van der Waals surface area contributed by atoms with Gasteiger partial charge in [-0.2, -0.15) is 4.98 Å². The fraction of sp³-hybridized carbons (Fsp3) is 0.192. The molecule has 1 aliphatic rings. The van der Waals surface area contributed by atoms with Crippen molar-refractivity contribution in [3.8, 4) is 11.6 Å². The molecule has 4 aromatic rings. The first-order chi connectivity index (χ1) is 17.0. The lowest BCUT2D eigenvalue weighted by Crippen LogP contribution is -2.39. The van der Waals surface area contributed by atoms with E-state index in [2.05, 4.69) is 20.3 Å². The number of aromatic nitrogens is 3. The van der Waals surface area contributed by atoms with Gasteiger partial charge in [0.15, 0.2) is 11.6 Å². The zero-order chi connectivity index (χ0) is 24.2. The van der Waals surface area contributed by atoms with Crippen molar-refractivity contribution in [1.82, 2.24) is 19.9 Å². The molecule has 0 bridgehead atoms. The Hall–Kier alpha value is -4.24. The first-order valence-corrected chi connectivity index (χ1v) is 11.3. The molecular formula is C26H24FN5O3. The second-order valence-electron chi connectivity index (χ2n) is 8.13. The summed E-state index contributed by atoms with van der Waals surface area (Å²) in [6, 6.07) is 14.1. The van der Waals surface area contributed by atoms with Crippen molar-refractivity contribution in [3.63, 3.8) is 0 Å². The van der Waals surface area contributed by atoms with Gasteiger partial charge in [0.05, 0.1) is 13.2 Å². The van der Waals surface area contributed by atoms with Crippen LogP contribution in [0.5, 0.6) is 11.6 Å². The molecule has 0 spiro atoms. The van der Waals surface area contributed by atoms with Crippen LogP contribution in [0.1, 0.15) is 11.3 Å². The summed E-state index contributed by atoms with van der Waals surface area (Å²) >= 11 is 0. The lowest BCUT2D eigenvalue weighted by atomic mass is 10.2.